The Balaban J connectivity index is 1.34. The molecule has 2 aliphatic heterocycles. The molecule has 2 aromatic rings. The quantitative estimate of drug-likeness (QED) is 0.861. The first-order valence-electron chi connectivity index (χ1n) is 10.6. The minimum absolute atomic E-state index is 0.0567. The Labute approximate surface area is 171 Å². The minimum Gasteiger partial charge on any atom is -0.342 e. The monoisotopic (exact) mass is 395 g/mol. The first-order chi connectivity index (χ1) is 13.6. The second-order valence-electron chi connectivity index (χ2n) is 8.89. The molecule has 148 valence electrons. The van der Waals surface area contributed by atoms with Gasteiger partial charge in [0, 0.05) is 29.8 Å². The molecule has 3 heterocycles. The van der Waals surface area contributed by atoms with Crippen molar-refractivity contribution in [3.63, 3.8) is 0 Å². The second-order valence-corrected chi connectivity index (χ2v) is 9.96. The van der Waals surface area contributed by atoms with Gasteiger partial charge in [0.05, 0.1) is 10.7 Å². The topological polar surface area (TPSA) is 45.2 Å². The number of aryl methyl sites for hydroxylation is 1. The van der Waals surface area contributed by atoms with Gasteiger partial charge in [0.1, 0.15) is 0 Å². The number of benzene rings is 1. The molecule has 1 atom stereocenters. The van der Waals surface area contributed by atoms with Crippen LogP contribution in [-0.4, -0.2) is 42.0 Å². The fourth-order valence-corrected chi connectivity index (χ4v) is 6.25. The van der Waals surface area contributed by atoms with E-state index in [4.69, 9.17) is 4.98 Å². The fraction of sp³-hybridized carbons (Fsp3) is 0.565. The zero-order valence-electron chi connectivity index (χ0n) is 16.6. The molecule has 3 aliphatic rings. The van der Waals surface area contributed by atoms with E-state index in [0.717, 1.165) is 50.4 Å². The lowest BCUT2D eigenvalue weighted by molar-refractivity contribution is -0.135. The van der Waals surface area contributed by atoms with Crippen molar-refractivity contribution < 1.29 is 4.79 Å². The number of carbonyl (C=O) groups excluding carboxylic acids is 1. The highest BCUT2D eigenvalue weighted by Gasteiger charge is 2.59. The van der Waals surface area contributed by atoms with Gasteiger partial charge >= 0.3 is 0 Å². The smallest absolute Gasteiger partial charge is 0.226 e. The van der Waals surface area contributed by atoms with Crippen LogP contribution in [0.25, 0.3) is 0 Å². The molecule has 5 rings (SSSR count). The standard InChI is InChI=1S/C23H29N3OS/c1-17-25-20(16-28-17)23(18-5-3-2-4-6-18)9-13-26(14-10-23)21(27)19-15-22(19)7-11-24-12-8-22/h2-6,16,19,24H,7-15H2,1H3. The van der Waals surface area contributed by atoms with Crippen LogP contribution in [0.3, 0.4) is 0 Å². The number of aromatic nitrogens is 1. The number of likely N-dealkylation sites (tertiary alicyclic amines) is 1. The van der Waals surface area contributed by atoms with Gasteiger partial charge in [-0.2, -0.15) is 0 Å². The maximum absolute atomic E-state index is 13.2. The van der Waals surface area contributed by atoms with Gasteiger partial charge in [-0.25, -0.2) is 4.98 Å². The average Bonchev–Trinajstić information content (AvgIpc) is 3.24. The van der Waals surface area contributed by atoms with Crippen molar-refractivity contribution >= 4 is 17.2 Å². The van der Waals surface area contributed by atoms with Crippen molar-refractivity contribution in [2.75, 3.05) is 26.2 Å². The summed E-state index contributed by atoms with van der Waals surface area (Å²) in [6, 6.07) is 10.8. The van der Waals surface area contributed by atoms with E-state index in [0.29, 0.717) is 11.3 Å². The molecular weight excluding hydrogens is 366 g/mol. The van der Waals surface area contributed by atoms with E-state index in [1.54, 1.807) is 11.3 Å². The summed E-state index contributed by atoms with van der Waals surface area (Å²) in [7, 11) is 0. The summed E-state index contributed by atoms with van der Waals surface area (Å²) in [5.74, 6) is 0.693. The van der Waals surface area contributed by atoms with E-state index in [2.05, 4.69) is 52.9 Å². The van der Waals surface area contributed by atoms with Gasteiger partial charge in [0.25, 0.3) is 0 Å². The molecule has 1 N–H and O–H groups in total. The van der Waals surface area contributed by atoms with Crippen LogP contribution in [0.1, 0.15) is 48.4 Å². The molecule has 1 unspecified atom stereocenters. The van der Waals surface area contributed by atoms with E-state index in [1.807, 2.05) is 0 Å². The van der Waals surface area contributed by atoms with E-state index >= 15 is 0 Å². The number of thiazole rings is 1. The van der Waals surface area contributed by atoms with Crippen molar-refractivity contribution in [1.82, 2.24) is 15.2 Å². The van der Waals surface area contributed by atoms with Crippen molar-refractivity contribution in [1.29, 1.82) is 0 Å². The number of hydrogen-bond donors (Lipinski definition) is 1. The third-order valence-electron chi connectivity index (χ3n) is 7.45. The molecule has 0 bridgehead atoms. The molecule has 1 aliphatic carbocycles. The van der Waals surface area contributed by atoms with E-state index in [1.165, 1.54) is 24.1 Å². The molecule has 1 amide bonds. The second kappa shape index (κ2) is 6.96. The molecule has 28 heavy (non-hydrogen) atoms. The highest BCUT2D eigenvalue weighted by molar-refractivity contribution is 7.09. The van der Waals surface area contributed by atoms with Crippen LogP contribution in [0.15, 0.2) is 35.7 Å². The van der Waals surface area contributed by atoms with E-state index in [-0.39, 0.29) is 11.3 Å². The van der Waals surface area contributed by atoms with Crippen LogP contribution < -0.4 is 5.32 Å². The van der Waals surface area contributed by atoms with E-state index < -0.39 is 0 Å². The van der Waals surface area contributed by atoms with Crippen LogP contribution in [0.4, 0.5) is 0 Å². The van der Waals surface area contributed by atoms with E-state index in [9.17, 15) is 4.79 Å². The molecule has 2 saturated heterocycles. The molecule has 1 saturated carbocycles. The Morgan fingerprint density at radius 1 is 1.14 bits per heavy atom. The Morgan fingerprint density at radius 2 is 1.86 bits per heavy atom. The van der Waals surface area contributed by atoms with Crippen molar-refractivity contribution in [3.05, 3.63) is 52.0 Å². The molecule has 5 heteroatoms. The zero-order valence-corrected chi connectivity index (χ0v) is 17.4. The summed E-state index contributed by atoms with van der Waals surface area (Å²) in [6.07, 6.45) is 5.38. The van der Waals surface area contributed by atoms with Crippen molar-refractivity contribution in [2.45, 2.75) is 44.4 Å². The number of nitrogens with one attached hydrogen (secondary N) is 1. The SMILES string of the molecule is Cc1nc(C2(c3ccccc3)CCN(C(=O)C3CC34CCNCC4)CC2)cs1. The van der Waals surface area contributed by atoms with Crippen molar-refractivity contribution in [3.8, 4) is 0 Å². The number of piperidine rings is 2. The van der Waals surface area contributed by atoms with Gasteiger partial charge in [0.15, 0.2) is 0 Å². The molecular formula is C23H29N3OS. The lowest BCUT2D eigenvalue weighted by Gasteiger charge is -2.42. The maximum atomic E-state index is 13.2. The Morgan fingerprint density at radius 3 is 2.50 bits per heavy atom. The molecule has 1 aromatic carbocycles. The largest absolute Gasteiger partial charge is 0.342 e. The third kappa shape index (κ3) is 3.00. The molecule has 4 nitrogen and oxygen atoms in total. The highest BCUT2D eigenvalue weighted by atomic mass is 32.1. The summed E-state index contributed by atoms with van der Waals surface area (Å²) >= 11 is 1.73. The highest BCUT2D eigenvalue weighted by Crippen LogP contribution is 2.59. The summed E-state index contributed by atoms with van der Waals surface area (Å²) in [5.41, 5.74) is 2.80. The normalized spacial score (nSPS) is 25.6. The fourth-order valence-electron chi connectivity index (χ4n) is 5.54. The van der Waals surface area contributed by atoms with Crippen molar-refractivity contribution in [2.24, 2.45) is 11.3 Å². The van der Waals surface area contributed by atoms with Gasteiger partial charge in [-0.1, -0.05) is 30.3 Å². The number of rotatable bonds is 3. The summed E-state index contributed by atoms with van der Waals surface area (Å²) < 4.78 is 0. The molecule has 1 aromatic heterocycles. The van der Waals surface area contributed by atoms with Gasteiger partial charge in [-0.15, -0.1) is 11.3 Å². The number of amides is 1. The first-order valence-corrected chi connectivity index (χ1v) is 11.5. The Hall–Kier alpha value is -1.72. The predicted molar refractivity (Wildman–Crippen MR) is 113 cm³/mol. The summed E-state index contributed by atoms with van der Waals surface area (Å²) in [6.45, 7) is 5.91. The lowest BCUT2D eigenvalue weighted by atomic mass is 9.70. The van der Waals surface area contributed by atoms with Crippen LogP contribution in [0, 0.1) is 18.3 Å². The van der Waals surface area contributed by atoms with Gasteiger partial charge in [0.2, 0.25) is 5.91 Å². The lowest BCUT2D eigenvalue weighted by Crippen LogP contribution is -2.47. The number of hydrogen-bond acceptors (Lipinski definition) is 4. The zero-order chi connectivity index (χ0) is 19.2. The van der Waals surface area contributed by atoms with Crippen LogP contribution in [-0.2, 0) is 10.2 Å². The molecule has 3 fully saturated rings. The van der Waals surface area contributed by atoms with Gasteiger partial charge in [-0.3, -0.25) is 4.79 Å². The third-order valence-corrected chi connectivity index (χ3v) is 8.23. The van der Waals surface area contributed by atoms with Crippen LogP contribution in [0.2, 0.25) is 0 Å². The first kappa shape index (κ1) is 18.3. The summed E-state index contributed by atoms with van der Waals surface area (Å²) in [5, 5.41) is 6.78. The minimum atomic E-state index is -0.0567. The maximum Gasteiger partial charge on any atom is 0.226 e. The predicted octanol–water partition coefficient (Wildman–Crippen LogP) is 3.75. The average molecular weight is 396 g/mol. The Kier molecular flexibility index (Phi) is 4.55. The summed E-state index contributed by atoms with van der Waals surface area (Å²) in [4.78, 5) is 20.2. The van der Waals surface area contributed by atoms with Crippen LogP contribution in [0.5, 0.6) is 0 Å². The number of carbonyl (C=O) groups is 1. The Bertz CT molecular complexity index is 848. The molecule has 0 radical (unpaired) electrons. The van der Waals surface area contributed by atoms with Gasteiger partial charge < -0.3 is 10.2 Å². The van der Waals surface area contributed by atoms with Crippen LogP contribution >= 0.6 is 11.3 Å². The number of nitrogens with zero attached hydrogens (tertiary/aromatic N) is 2. The molecule has 1 spiro atoms. The van der Waals surface area contributed by atoms with Gasteiger partial charge in [-0.05, 0) is 63.1 Å².